The van der Waals surface area contributed by atoms with Crippen molar-refractivity contribution < 1.29 is 13.2 Å². The largest absolute Gasteiger partial charge is 0.322 e. The minimum Gasteiger partial charge on any atom is -0.317 e. The number of nitrogens with one attached hydrogen (secondary N) is 2. The van der Waals surface area contributed by atoms with Crippen LogP contribution in [0.1, 0.15) is 36.4 Å². The molecule has 0 bridgehead atoms. The molecule has 1 aliphatic rings. The Morgan fingerprint density at radius 2 is 2.07 bits per heavy atom. The Morgan fingerprint density at radius 3 is 2.78 bits per heavy atom. The molecular formula is C19H24N4O3S. The fourth-order valence-corrected chi connectivity index (χ4v) is 3.87. The van der Waals surface area contributed by atoms with E-state index < -0.39 is 10.0 Å². The molecule has 0 radical (unpaired) electrons. The molecule has 2 heterocycles. The lowest BCUT2D eigenvalue weighted by Gasteiger charge is -2.36. The zero-order valence-electron chi connectivity index (χ0n) is 15.5. The lowest BCUT2D eigenvalue weighted by atomic mass is 9.97. The van der Waals surface area contributed by atoms with Crippen molar-refractivity contribution in [2.24, 2.45) is 0 Å². The van der Waals surface area contributed by atoms with Crippen LogP contribution in [0, 0.1) is 6.92 Å². The predicted molar refractivity (Wildman–Crippen MR) is 106 cm³/mol. The van der Waals surface area contributed by atoms with E-state index in [1.165, 1.54) is 0 Å². The molecule has 1 fully saturated rings. The predicted octanol–water partition coefficient (Wildman–Crippen LogP) is 3.52. The monoisotopic (exact) mass is 388 g/mol. The molecule has 27 heavy (non-hydrogen) atoms. The molecule has 3 rings (SSSR count). The Labute approximate surface area is 159 Å². The zero-order chi connectivity index (χ0) is 19.4. The number of rotatable bonds is 4. The maximum atomic E-state index is 13.0. The molecule has 1 aromatic heterocycles. The molecule has 0 spiro atoms. The third-order valence-corrected chi connectivity index (χ3v) is 5.22. The number of amides is 2. The van der Waals surface area contributed by atoms with Gasteiger partial charge in [-0.3, -0.25) is 9.71 Å². The molecule has 2 aromatic rings. The van der Waals surface area contributed by atoms with Crippen molar-refractivity contribution in [2.75, 3.05) is 22.8 Å². The summed E-state index contributed by atoms with van der Waals surface area (Å²) in [5, 5.41) is 2.94. The summed E-state index contributed by atoms with van der Waals surface area (Å²) in [7, 11) is -3.38. The van der Waals surface area contributed by atoms with Crippen molar-refractivity contribution >= 4 is 27.4 Å². The van der Waals surface area contributed by atoms with Crippen LogP contribution in [0.5, 0.6) is 0 Å². The Balaban J connectivity index is 1.80. The number of aryl methyl sites for hydroxylation is 1. The second kappa shape index (κ2) is 7.96. The fraction of sp³-hybridized carbons (Fsp3) is 0.368. The highest BCUT2D eigenvalue weighted by molar-refractivity contribution is 7.92. The van der Waals surface area contributed by atoms with Crippen LogP contribution in [0.25, 0.3) is 0 Å². The van der Waals surface area contributed by atoms with Gasteiger partial charge >= 0.3 is 6.03 Å². The lowest BCUT2D eigenvalue weighted by molar-refractivity contribution is 0.163. The Morgan fingerprint density at radius 1 is 1.26 bits per heavy atom. The highest BCUT2D eigenvalue weighted by Crippen LogP contribution is 2.31. The number of nitrogens with zero attached hydrogens (tertiary/aromatic N) is 2. The molecule has 7 nitrogen and oxygen atoms in total. The van der Waals surface area contributed by atoms with Gasteiger partial charge in [0.25, 0.3) is 0 Å². The number of aromatic nitrogens is 1. The summed E-state index contributed by atoms with van der Waals surface area (Å²) in [5.74, 6) is 0. The maximum absolute atomic E-state index is 13.0. The quantitative estimate of drug-likeness (QED) is 0.838. The number of urea groups is 1. The van der Waals surface area contributed by atoms with Crippen LogP contribution < -0.4 is 10.0 Å². The van der Waals surface area contributed by atoms with Gasteiger partial charge in [-0.05, 0) is 55.5 Å². The lowest BCUT2D eigenvalue weighted by Crippen LogP contribution is -2.41. The van der Waals surface area contributed by atoms with E-state index >= 15 is 0 Å². The van der Waals surface area contributed by atoms with Gasteiger partial charge in [0, 0.05) is 24.6 Å². The van der Waals surface area contributed by atoms with Crippen molar-refractivity contribution in [3.8, 4) is 0 Å². The molecule has 1 saturated heterocycles. The van der Waals surface area contributed by atoms with Gasteiger partial charge in [0.05, 0.1) is 18.0 Å². The van der Waals surface area contributed by atoms with E-state index in [4.69, 9.17) is 0 Å². The van der Waals surface area contributed by atoms with E-state index in [9.17, 15) is 13.2 Å². The molecule has 1 unspecified atom stereocenters. The number of hydrogen-bond donors (Lipinski definition) is 2. The Bertz CT molecular complexity index is 916. The molecule has 2 amide bonds. The summed E-state index contributed by atoms with van der Waals surface area (Å²) in [6, 6.07) is 8.75. The average Bonchev–Trinajstić information content (AvgIpc) is 2.64. The third kappa shape index (κ3) is 4.97. The van der Waals surface area contributed by atoms with Gasteiger partial charge in [0.1, 0.15) is 0 Å². The van der Waals surface area contributed by atoms with Crippen molar-refractivity contribution in [3.63, 3.8) is 0 Å². The molecular weight excluding hydrogens is 364 g/mol. The van der Waals surface area contributed by atoms with E-state index in [-0.39, 0.29) is 12.1 Å². The summed E-state index contributed by atoms with van der Waals surface area (Å²) in [4.78, 5) is 19.0. The summed E-state index contributed by atoms with van der Waals surface area (Å²) in [6.07, 6.45) is 7.54. The number of pyridine rings is 1. The fourth-order valence-electron chi connectivity index (χ4n) is 3.32. The van der Waals surface area contributed by atoms with Crippen LogP contribution >= 0.6 is 0 Å². The number of anilines is 2. The number of likely N-dealkylation sites (tertiary alicyclic amines) is 1. The van der Waals surface area contributed by atoms with Gasteiger partial charge in [-0.2, -0.15) is 0 Å². The topological polar surface area (TPSA) is 91.4 Å². The molecule has 144 valence electrons. The second-order valence-corrected chi connectivity index (χ2v) is 8.57. The van der Waals surface area contributed by atoms with Crippen LogP contribution in [0.2, 0.25) is 0 Å². The SMILES string of the molecule is Cc1ccc(NS(C)(=O)=O)cc1NC(=O)N1CCCCC1c1cccnc1. The van der Waals surface area contributed by atoms with E-state index in [1.807, 2.05) is 24.0 Å². The number of sulfonamides is 1. The standard InChI is InChI=1S/C19H24N4O3S/c1-14-8-9-16(22-27(2,25)26)12-17(14)21-19(24)23-11-4-3-7-18(23)15-6-5-10-20-13-15/h5-6,8-10,12-13,18,22H,3-4,7,11H2,1-2H3,(H,21,24). The first-order valence-electron chi connectivity index (χ1n) is 8.89. The van der Waals surface area contributed by atoms with Gasteiger partial charge in [-0.15, -0.1) is 0 Å². The van der Waals surface area contributed by atoms with E-state index in [2.05, 4.69) is 15.0 Å². The third-order valence-electron chi connectivity index (χ3n) is 4.62. The molecule has 2 N–H and O–H groups in total. The second-order valence-electron chi connectivity index (χ2n) is 6.83. The van der Waals surface area contributed by atoms with E-state index in [1.54, 1.807) is 30.6 Å². The van der Waals surface area contributed by atoms with Crippen LogP contribution in [0.4, 0.5) is 16.2 Å². The van der Waals surface area contributed by atoms with Crippen molar-refractivity contribution in [1.29, 1.82) is 0 Å². The minimum atomic E-state index is -3.38. The van der Waals surface area contributed by atoms with E-state index in [0.29, 0.717) is 17.9 Å². The van der Waals surface area contributed by atoms with Crippen molar-refractivity contribution in [2.45, 2.75) is 32.2 Å². The van der Waals surface area contributed by atoms with Crippen LogP contribution in [0.15, 0.2) is 42.7 Å². The van der Waals surface area contributed by atoms with Gasteiger partial charge in [0.15, 0.2) is 0 Å². The number of carbonyl (C=O) groups is 1. The van der Waals surface area contributed by atoms with Gasteiger partial charge < -0.3 is 10.2 Å². The summed E-state index contributed by atoms with van der Waals surface area (Å²) in [5.41, 5.74) is 2.89. The summed E-state index contributed by atoms with van der Waals surface area (Å²) < 4.78 is 25.3. The molecule has 1 aliphatic heterocycles. The Hall–Kier alpha value is -2.61. The molecule has 0 aliphatic carbocycles. The zero-order valence-corrected chi connectivity index (χ0v) is 16.3. The minimum absolute atomic E-state index is 0.00918. The van der Waals surface area contributed by atoms with Crippen LogP contribution in [-0.2, 0) is 10.0 Å². The van der Waals surface area contributed by atoms with Crippen molar-refractivity contribution in [3.05, 3.63) is 53.9 Å². The Kier molecular flexibility index (Phi) is 5.65. The van der Waals surface area contributed by atoms with Gasteiger partial charge in [-0.1, -0.05) is 12.1 Å². The van der Waals surface area contributed by atoms with Gasteiger partial charge in [0.2, 0.25) is 10.0 Å². The molecule has 8 heteroatoms. The average molecular weight is 388 g/mol. The summed E-state index contributed by atoms with van der Waals surface area (Å²) >= 11 is 0. The normalized spacial score (nSPS) is 17.4. The highest BCUT2D eigenvalue weighted by Gasteiger charge is 2.28. The first-order chi connectivity index (χ1) is 12.8. The first kappa shape index (κ1) is 19.2. The van der Waals surface area contributed by atoms with Gasteiger partial charge in [-0.25, -0.2) is 13.2 Å². The number of hydrogen-bond acceptors (Lipinski definition) is 4. The smallest absolute Gasteiger partial charge is 0.317 e. The molecule has 0 saturated carbocycles. The number of benzene rings is 1. The first-order valence-corrected chi connectivity index (χ1v) is 10.8. The number of carbonyl (C=O) groups excluding carboxylic acids is 1. The van der Waals surface area contributed by atoms with Crippen molar-refractivity contribution in [1.82, 2.24) is 9.88 Å². The molecule has 1 aromatic carbocycles. The van der Waals surface area contributed by atoms with Crippen LogP contribution in [-0.4, -0.2) is 37.1 Å². The molecule has 1 atom stereocenters. The van der Waals surface area contributed by atoms with Crippen LogP contribution in [0.3, 0.4) is 0 Å². The maximum Gasteiger partial charge on any atom is 0.322 e. The highest BCUT2D eigenvalue weighted by atomic mass is 32.2. The number of piperidine rings is 1. The summed E-state index contributed by atoms with van der Waals surface area (Å²) in [6.45, 7) is 2.54. The van der Waals surface area contributed by atoms with E-state index in [0.717, 1.165) is 36.6 Å².